The molecule has 0 saturated carbocycles. The minimum absolute atomic E-state index is 0.376. The van der Waals surface area contributed by atoms with Crippen LogP contribution in [0.2, 0.25) is 0 Å². The molecule has 2 aromatic carbocycles. The summed E-state index contributed by atoms with van der Waals surface area (Å²) in [6.45, 7) is 7.05. The van der Waals surface area contributed by atoms with Crippen LogP contribution in [0.3, 0.4) is 0 Å². The molecular weight excluding hydrogens is 358 g/mol. The van der Waals surface area contributed by atoms with E-state index in [1.54, 1.807) is 14.2 Å². The average molecular weight is 386 g/mol. The second kappa shape index (κ2) is 8.48. The van der Waals surface area contributed by atoms with Crippen molar-refractivity contribution >= 4 is 28.7 Å². The molecule has 1 aliphatic rings. The van der Waals surface area contributed by atoms with Crippen LogP contribution >= 0.6 is 12.2 Å². The molecule has 0 radical (unpaired) electrons. The molecule has 0 aromatic heterocycles. The first kappa shape index (κ1) is 19.3. The summed E-state index contributed by atoms with van der Waals surface area (Å²) in [5, 5.41) is 4.05. The van der Waals surface area contributed by atoms with Gasteiger partial charge in [0.25, 0.3) is 0 Å². The van der Waals surface area contributed by atoms with E-state index < -0.39 is 0 Å². The van der Waals surface area contributed by atoms with Crippen LogP contribution in [0.25, 0.3) is 0 Å². The van der Waals surface area contributed by atoms with E-state index in [1.165, 1.54) is 11.3 Å². The summed E-state index contributed by atoms with van der Waals surface area (Å²) in [5.74, 6) is 1.47. The fraction of sp³-hybridized carbons (Fsp3) is 0.381. The first-order chi connectivity index (χ1) is 13.0. The Morgan fingerprint density at radius 3 is 2.22 bits per heavy atom. The number of aryl methyl sites for hydroxylation is 1. The number of nitrogens with one attached hydrogen (secondary N) is 1. The van der Waals surface area contributed by atoms with Crippen molar-refractivity contribution in [3.05, 3.63) is 48.0 Å². The van der Waals surface area contributed by atoms with Crippen molar-refractivity contribution in [1.29, 1.82) is 0 Å². The molecule has 1 saturated heterocycles. The Balaban J connectivity index is 1.65. The topological polar surface area (TPSA) is 37.0 Å². The number of hydrogen-bond donors (Lipinski definition) is 1. The third-order valence-corrected chi connectivity index (χ3v) is 5.24. The van der Waals surface area contributed by atoms with Crippen LogP contribution in [0.15, 0.2) is 42.5 Å². The number of piperazine rings is 1. The molecule has 144 valence electrons. The van der Waals surface area contributed by atoms with Gasteiger partial charge in [-0.25, -0.2) is 0 Å². The lowest BCUT2D eigenvalue weighted by molar-refractivity contribution is 0.342. The molecular formula is C21H27N3O2S. The van der Waals surface area contributed by atoms with Gasteiger partial charge in [-0.15, -0.1) is 0 Å². The van der Waals surface area contributed by atoms with E-state index in [4.69, 9.17) is 21.7 Å². The van der Waals surface area contributed by atoms with Crippen LogP contribution in [0, 0.1) is 6.92 Å². The number of methoxy groups -OCH3 is 2. The van der Waals surface area contributed by atoms with Crippen molar-refractivity contribution in [2.45, 2.75) is 19.9 Å². The van der Waals surface area contributed by atoms with Crippen molar-refractivity contribution in [2.24, 2.45) is 0 Å². The minimum atomic E-state index is 0.376. The van der Waals surface area contributed by atoms with Crippen LogP contribution in [-0.4, -0.2) is 49.9 Å². The molecule has 1 atom stereocenters. The first-order valence-electron chi connectivity index (χ1n) is 9.12. The standard InChI is InChI=1S/C21H27N3O2S/c1-15-5-7-18(8-6-15)24-10-9-23(14-16(24)2)21(27)22-17-11-19(25-3)13-20(12-17)26-4/h5-8,11-13,16H,9-10,14H2,1-4H3,(H,22,27)/t16-/m0/s1. The number of thiocarbonyl (C=S) groups is 1. The van der Waals surface area contributed by atoms with Gasteiger partial charge in [-0.3, -0.25) is 0 Å². The predicted molar refractivity (Wildman–Crippen MR) is 115 cm³/mol. The lowest BCUT2D eigenvalue weighted by Gasteiger charge is -2.42. The summed E-state index contributed by atoms with van der Waals surface area (Å²) in [4.78, 5) is 4.66. The molecule has 1 aliphatic heterocycles. The maximum Gasteiger partial charge on any atom is 0.173 e. The zero-order chi connectivity index (χ0) is 19.4. The molecule has 27 heavy (non-hydrogen) atoms. The van der Waals surface area contributed by atoms with Crippen molar-refractivity contribution in [3.8, 4) is 11.5 Å². The average Bonchev–Trinajstić information content (AvgIpc) is 2.68. The van der Waals surface area contributed by atoms with Crippen LogP contribution in [0.5, 0.6) is 11.5 Å². The fourth-order valence-corrected chi connectivity index (χ4v) is 3.63. The maximum atomic E-state index is 5.66. The molecule has 0 bridgehead atoms. The quantitative estimate of drug-likeness (QED) is 0.804. The summed E-state index contributed by atoms with van der Waals surface area (Å²) >= 11 is 5.66. The molecule has 2 aromatic rings. The SMILES string of the molecule is COc1cc(NC(=S)N2CCN(c3ccc(C)cc3)[C@@H](C)C2)cc(OC)c1. The van der Waals surface area contributed by atoms with Crippen molar-refractivity contribution in [3.63, 3.8) is 0 Å². The highest BCUT2D eigenvalue weighted by atomic mass is 32.1. The van der Waals surface area contributed by atoms with E-state index >= 15 is 0 Å². The second-order valence-electron chi connectivity index (χ2n) is 6.86. The van der Waals surface area contributed by atoms with E-state index in [0.717, 1.165) is 41.9 Å². The van der Waals surface area contributed by atoms with E-state index in [9.17, 15) is 0 Å². The summed E-state index contributed by atoms with van der Waals surface area (Å²) in [6, 6.07) is 14.8. The summed E-state index contributed by atoms with van der Waals surface area (Å²) in [5.41, 5.74) is 3.41. The van der Waals surface area contributed by atoms with Gasteiger partial charge in [-0.1, -0.05) is 17.7 Å². The van der Waals surface area contributed by atoms with Crippen molar-refractivity contribution in [2.75, 3.05) is 44.1 Å². The Bertz CT molecular complexity index is 772. The van der Waals surface area contributed by atoms with Gasteiger partial charge in [0.1, 0.15) is 11.5 Å². The van der Waals surface area contributed by atoms with E-state index in [0.29, 0.717) is 6.04 Å². The number of benzene rings is 2. The molecule has 0 amide bonds. The maximum absolute atomic E-state index is 5.66. The van der Waals surface area contributed by atoms with Gasteiger partial charge in [-0.05, 0) is 38.2 Å². The molecule has 1 fully saturated rings. The number of ether oxygens (including phenoxy) is 2. The smallest absolute Gasteiger partial charge is 0.173 e. The molecule has 1 heterocycles. The zero-order valence-corrected chi connectivity index (χ0v) is 17.2. The predicted octanol–water partition coefficient (Wildman–Crippen LogP) is 3.92. The largest absolute Gasteiger partial charge is 0.497 e. The summed E-state index contributed by atoms with van der Waals surface area (Å²) in [6.07, 6.45) is 0. The fourth-order valence-electron chi connectivity index (χ4n) is 3.34. The van der Waals surface area contributed by atoms with Crippen LogP contribution in [0.1, 0.15) is 12.5 Å². The van der Waals surface area contributed by atoms with E-state index in [2.05, 4.69) is 53.2 Å². The van der Waals surface area contributed by atoms with Crippen LogP contribution in [0.4, 0.5) is 11.4 Å². The molecule has 3 rings (SSSR count). The highest BCUT2D eigenvalue weighted by Gasteiger charge is 2.25. The number of rotatable bonds is 4. The summed E-state index contributed by atoms with van der Waals surface area (Å²) in [7, 11) is 3.28. The minimum Gasteiger partial charge on any atom is -0.497 e. The van der Waals surface area contributed by atoms with Gasteiger partial charge in [0.15, 0.2) is 5.11 Å². The Morgan fingerprint density at radius 2 is 1.67 bits per heavy atom. The third kappa shape index (κ3) is 4.63. The van der Waals surface area contributed by atoms with Crippen molar-refractivity contribution in [1.82, 2.24) is 4.90 Å². The second-order valence-corrected chi connectivity index (χ2v) is 7.24. The first-order valence-corrected chi connectivity index (χ1v) is 9.53. The lowest BCUT2D eigenvalue weighted by Crippen LogP contribution is -2.54. The number of hydrogen-bond acceptors (Lipinski definition) is 4. The molecule has 0 unspecified atom stereocenters. The highest BCUT2D eigenvalue weighted by Crippen LogP contribution is 2.26. The molecule has 6 heteroatoms. The monoisotopic (exact) mass is 385 g/mol. The number of anilines is 2. The molecule has 0 spiro atoms. The Morgan fingerprint density at radius 1 is 1.04 bits per heavy atom. The molecule has 5 nitrogen and oxygen atoms in total. The summed E-state index contributed by atoms with van der Waals surface area (Å²) < 4.78 is 10.7. The van der Waals surface area contributed by atoms with Crippen LogP contribution < -0.4 is 19.7 Å². The van der Waals surface area contributed by atoms with Gasteiger partial charge in [0, 0.05) is 55.2 Å². The Kier molecular flexibility index (Phi) is 6.06. The highest BCUT2D eigenvalue weighted by molar-refractivity contribution is 7.80. The van der Waals surface area contributed by atoms with Gasteiger partial charge in [-0.2, -0.15) is 0 Å². The van der Waals surface area contributed by atoms with Gasteiger partial charge >= 0.3 is 0 Å². The van der Waals surface area contributed by atoms with E-state index in [-0.39, 0.29) is 0 Å². The molecule has 1 N–H and O–H groups in total. The van der Waals surface area contributed by atoms with Crippen LogP contribution in [-0.2, 0) is 0 Å². The third-order valence-electron chi connectivity index (χ3n) is 4.88. The zero-order valence-electron chi connectivity index (χ0n) is 16.4. The van der Waals surface area contributed by atoms with Gasteiger partial charge < -0.3 is 24.6 Å². The molecule has 0 aliphatic carbocycles. The normalized spacial score (nSPS) is 16.8. The lowest BCUT2D eigenvalue weighted by atomic mass is 10.1. The van der Waals surface area contributed by atoms with Gasteiger partial charge in [0.2, 0.25) is 0 Å². The van der Waals surface area contributed by atoms with E-state index in [1.807, 2.05) is 18.2 Å². The number of nitrogens with zero attached hydrogens (tertiary/aromatic N) is 2. The van der Waals surface area contributed by atoms with Crippen molar-refractivity contribution < 1.29 is 9.47 Å². The Hall–Kier alpha value is -2.47. The van der Waals surface area contributed by atoms with Gasteiger partial charge in [0.05, 0.1) is 14.2 Å². The Labute approximate surface area is 166 Å².